The lowest BCUT2D eigenvalue weighted by atomic mass is 10.00. The van der Waals surface area contributed by atoms with Crippen LogP contribution in [-0.2, 0) is 6.42 Å². The molecule has 0 aliphatic rings. The molecular formula is C23H22N3+. The average Bonchev–Trinajstić information content (AvgIpc) is 3.23. The van der Waals surface area contributed by atoms with E-state index in [1.54, 1.807) is 6.20 Å². The number of hydrogen-bond donors (Lipinski definition) is 1. The van der Waals surface area contributed by atoms with Crippen molar-refractivity contribution in [1.29, 1.82) is 0 Å². The fourth-order valence-corrected chi connectivity index (χ4v) is 3.37. The fourth-order valence-electron chi connectivity index (χ4n) is 3.37. The van der Waals surface area contributed by atoms with E-state index < -0.39 is 0 Å². The Bertz CT molecular complexity index is 975. The van der Waals surface area contributed by atoms with E-state index in [1.807, 2.05) is 6.07 Å². The quantitative estimate of drug-likeness (QED) is 0.511. The van der Waals surface area contributed by atoms with Crippen LogP contribution in [0.5, 0.6) is 0 Å². The highest BCUT2D eigenvalue weighted by Crippen LogP contribution is 2.26. The highest BCUT2D eigenvalue weighted by Gasteiger charge is 2.20. The molecule has 0 radical (unpaired) electrons. The van der Waals surface area contributed by atoms with Crippen LogP contribution in [0.25, 0.3) is 28.2 Å². The Morgan fingerprint density at radius 1 is 0.808 bits per heavy atom. The Labute approximate surface area is 154 Å². The summed E-state index contributed by atoms with van der Waals surface area (Å²) in [6, 6.07) is 27.7. The van der Waals surface area contributed by atoms with E-state index in [0.717, 1.165) is 18.7 Å². The molecule has 0 aliphatic heterocycles. The van der Waals surface area contributed by atoms with Crippen LogP contribution in [0.4, 0.5) is 0 Å². The van der Waals surface area contributed by atoms with E-state index in [1.165, 1.54) is 28.1 Å². The van der Waals surface area contributed by atoms with E-state index in [2.05, 4.69) is 94.5 Å². The Kier molecular flexibility index (Phi) is 4.61. The molecule has 0 spiro atoms. The number of rotatable bonds is 5. The summed E-state index contributed by atoms with van der Waals surface area (Å²) in [5.41, 5.74) is 6.11. The number of H-pyrrole nitrogens is 1. The zero-order chi connectivity index (χ0) is 17.8. The van der Waals surface area contributed by atoms with Crippen molar-refractivity contribution >= 4 is 0 Å². The van der Waals surface area contributed by atoms with Crippen LogP contribution < -0.4 is 4.57 Å². The van der Waals surface area contributed by atoms with Crippen LogP contribution in [0, 0.1) is 0 Å². The van der Waals surface area contributed by atoms with Gasteiger partial charge < -0.3 is 0 Å². The molecule has 0 saturated carbocycles. The Morgan fingerprint density at radius 2 is 1.50 bits per heavy atom. The van der Waals surface area contributed by atoms with Gasteiger partial charge in [0.2, 0.25) is 0 Å². The summed E-state index contributed by atoms with van der Waals surface area (Å²) in [5, 5.41) is 7.30. The van der Waals surface area contributed by atoms with Crippen molar-refractivity contribution in [2.24, 2.45) is 0 Å². The summed E-state index contributed by atoms with van der Waals surface area (Å²) in [5.74, 6) is 0.993. The first-order valence-corrected chi connectivity index (χ1v) is 9.06. The number of pyridine rings is 1. The lowest BCUT2D eigenvalue weighted by Gasteiger charge is -2.14. The molecule has 0 amide bonds. The number of nitrogens with zero attached hydrogens (tertiary/aromatic N) is 2. The van der Waals surface area contributed by atoms with Crippen molar-refractivity contribution in [2.75, 3.05) is 0 Å². The third kappa shape index (κ3) is 3.16. The van der Waals surface area contributed by atoms with Gasteiger partial charge >= 0.3 is 5.82 Å². The number of aromatic nitrogens is 3. The molecule has 4 rings (SSSR count). The van der Waals surface area contributed by atoms with Crippen molar-refractivity contribution in [3.63, 3.8) is 0 Å². The van der Waals surface area contributed by atoms with Gasteiger partial charge in [0.15, 0.2) is 0 Å². The molecule has 1 N–H and O–H groups in total. The normalized spacial score (nSPS) is 10.8. The maximum Gasteiger partial charge on any atom is 0.306 e. The summed E-state index contributed by atoms with van der Waals surface area (Å²) in [7, 11) is 0. The van der Waals surface area contributed by atoms with Gasteiger partial charge in [-0.2, -0.15) is 4.57 Å². The first-order valence-electron chi connectivity index (χ1n) is 9.06. The number of benzene rings is 2. The highest BCUT2D eigenvalue weighted by molar-refractivity contribution is 5.69. The predicted octanol–water partition coefficient (Wildman–Crippen LogP) is 4.97. The SMILES string of the molecule is CCCc1cc(-c2ccccc2)cc(-c2ccccc2)[n+]1-c1ccn[nH]1. The Morgan fingerprint density at radius 3 is 2.12 bits per heavy atom. The first kappa shape index (κ1) is 16.3. The van der Waals surface area contributed by atoms with Crippen molar-refractivity contribution in [3.8, 4) is 28.2 Å². The molecule has 3 nitrogen and oxygen atoms in total. The van der Waals surface area contributed by atoms with Crippen LogP contribution in [-0.4, -0.2) is 10.2 Å². The smallest absolute Gasteiger partial charge is 0.195 e. The van der Waals surface area contributed by atoms with Gasteiger partial charge in [0.05, 0.1) is 12.3 Å². The summed E-state index contributed by atoms with van der Waals surface area (Å²) in [6.07, 6.45) is 3.89. The molecule has 0 atom stereocenters. The summed E-state index contributed by atoms with van der Waals surface area (Å²) in [6.45, 7) is 2.22. The van der Waals surface area contributed by atoms with E-state index in [0.29, 0.717) is 0 Å². The van der Waals surface area contributed by atoms with E-state index >= 15 is 0 Å². The Hall–Kier alpha value is -3.20. The average molecular weight is 340 g/mol. The third-order valence-corrected chi connectivity index (χ3v) is 4.55. The molecule has 0 aliphatic carbocycles. The maximum atomic E-state index is 4.17. The minimum Gasteiger partial charge on any atom is -0.195 e. The molecule has 26 heavy (non-hydrogen) atoms. The van der Waals surface area contributed by atoms with Gasteiger partial charge in [-0.25, -0.2) is 0 Å². The van der Waals surface area contributed by atoms with Gasteiger partial charge in [-0.1, -0.05) is 72.7 Å². The topological polar surface area (TPSA) is 32.6 Å². The molecule has 4 aromatic rings. The Balaban J connectivity index is 2.00. The zero-order valence-corrected chi connectivity index (χ0v) is 14.9. The third-order valence-electron chi connectivity index (χ3n) is 4.55. The van der Waals surface area contributed by atoms with Gasteiger partial charge in [0, 0.05) is 12.0 Å². The van der Waals surface area contributed by atoms with Crippen molar-refractivity contribution in [3.05, 3.63) is 90.8 Å². The summed E-state index contributed by atoms with van der Waals surface area (Å²) < 4.78 is 2.29. The minimum absolute atomic E-state index is 0.993. The number of hydrogen-bond acceptors (Lipinski definition) is 1. The summed E-state index contributed by atoms with van der Waals surface area (Å²) in [4.78, 5) is 0. The molecule has 0 bridgehead atoms. The van der Waals surface area contributed by atoms with Gasteiger partial charge in [0.1, 0.15) is 11.4 Å². The molecule has 2 aromatic heterocycles. The molecule has 2 aromatic carbocycles. The zero-order valence-electron chi connectivity index (χ0n) is 14.9. The van der Waals surface area contributed by atoms with Crippen molar-refractivity contribution < 1.29 is 4.57 Å². The standard InChI is InChI=1S/C23H22N3/c1-2-9-21-16-20(18-10-5-3-6-11-18)17-22(19-12-7-4-8-13-19)26(21)23-14-15-24-25-23/h3-8,10-17H,2,9H2,1H3,(H,24,25)/q+1. The second kappa shape index (κ2) is 7.36. The first-order chi connectivity index (χ1) is 12.9. The van der Waals surface area contributed by atoms with Crippen molar-refractivity contribution in [2.45, 2.75) is 19.8 Å². The molecule has 0 saturated heterocycles. The fraction of sp³-hybridized carbons (Fsp3) is 0.130. The minimum atomic E-state index is 0.993. The van der Waals surface area contributed by atoms with Crippen LogP contribution in [0.3, 0.4) is 0 Å². The van der Waals surface area contributed by atoms with Gasteiger partial charge in [-0.15, -0.1) is 5.10 Å². The lowest BCUT2D eigenvalue weighted by Crippen LogP contribution is -2.39. The van der Waals surface area contributed by atoms with Crippen molar-refractivity contribution in [1.82, 2.24) is 10.2 Å². The van der Waals surface area contributed by atoms with Gasteiger partial charge in [-0.3, -0.25) is 0 Å². The number of aryl methyl sites for hydroxylation is 1. The van der Waals surface area contributed by atoms with E-state index in [-0.39, 0.29) is 0 Å². The second-order valence-electron chi connectivity index (χ2n) is 6.38. The van der Waals surface area contributed by atoms with Gasteiger partial charge in [-0.05, 0) is 29.7 Å². The van der Waals surface area contributed by atoms with Gasteiger partial charge in [0.25, 0.3) is 0 Å². The molecule has 2 heterocycles. The molecule has 0 fully saturated rings. The second-order valence-corrected chi connectivity index (χ2v) is 6.38. The van der Waals surface area contributed by atoms with E-state index in [9.17, 15) is 0 Å². The van der Waals surface area contributed by atoms with Crippen LogP contribution in [0.15, 0.2) is 85.1 Å². The predicted molar refractivity (Wildman–Crippen MR) is 105 cm³/mol. The van der Waals surface area contributed by atoms with E-state index in [4.69, 9.17) is 0 Å². The highest BCUT2D eigenvalue weighted by atomic mass is 15.2. The maximum absolute atomic E-state index is 4.17. The molecular weight excluding hydrogens is 318 g/mol. The van der Waals surface area contributed by atoms with Crippen LogP contribution in [0.1, 0.15) is 19.0 Å². The molecule has 3 heteroatoms. The monoisotopic (exact) mass is 340 g/mol. The lowest BCUT2D eigenvalue weighted by molar-refractivity contribution is -0.596. The van der Waals surface area contributed by atoms with Crippen LogP contribution in [0.2, 0.25) is 0 Å². The number of aromatic amines is 1. The molecule has 128 valence electrons. The molecule has 0 unspecified atom stereocenters. The number of nitrogens with one attached hydrogen (secondary N) is 1. The van der Waals surface area contributed by atoms with Crippen LogP contribution >= 0.6 is 0 Å². The largest absolute Gasteiger partial charge is 0.306 e. The summed E-state index contributed by atoms with van der Waals surface area (Å²) >= 11 is 0.